The van der Waals surface area contributed by atoms with Crippen LogP contribution in [-0.2, 0) is 0 Å². The molecule has 0 spiro atoms. The van der Waals surface area contributed by atoms with Gasteiger partial charge in [0.25, 0.3) is 5.91 Å². The number of halogens is 2. The van der Waals surface area contributed by atoms with E-state index >= 15 is 0 Å². The van der Waals surface area contributed by atoms with Gasteiger partial charge in [-0.1, -0.05) is 24.3 Å². The topological polar surface area (TPSA) is 72.8 Å². The van der Waals surface area contributed by atoms with Crippen molar-refractivity contribution in [2.75, 3.05) is 13.7 Å². The zero-order chi connectivity index (χ0) is 18.2. The van der Waals surface area contributed by atoms with Gasteiger partial charge < -0.3 is 9.47 Å². The average Bonchev–Trinajstić information content (AvgIpc) is 2.60. The summed E-state index contributed by atoms with van der Waals surface area (Å²) in [6, 6.07) is 6.80. The minimum atomic E-state index is -0.443. The molecule has 0 unspecified atom stereocenters. The number of aromatic nitrogens is 1. The highest BCUT2D eigenvalue weighted by molar-refractivity contribution is 14.1. The molecule has 1 heterocycles. The van der Waals surface area contributed by atoms with Crippen LogP contribution in [0.15, 0.2) is 48.2 Å². The van der Waals surface area contributed by atoms with Crippen LogP contribution in [0.4, 0.5) is 0 Å². The Morgan fingerprint density at radius 3 is 3.00 bits per heavy atom. The first-order valence-corrected chi connectivity index (χ1v) is 8.57. The number of nitrogens with one attached hydrogen (secondary N) is 1. The monoisotopic (exact) mass is 471 g/mol. The molecule has 0 bridgehead atoms. The number of carbonyl (C=O) groups is 1. The van der Waals surface area contributed by atoms with Crippen LogP contribution in [0.1, 0.15) is 15.9 Å². The number of hydrogen-bond donors (Lipinski definition) is 1. The Bertz CT molecular complexity index is 812. The van der Waals surface area contributed by atoms with Gasteiger partial charge in [-0.05, 0) is 52.4 Å². The van der Waals surface area contributed by atoms with Crippen molar-refractivity contribution in [3.63, 3.8) is 0 Å². The van der Waals surface area contributed by atoms with Gasteiger partial charge in [-0.2, -0.15) is 5.10 Å². The molecule has 8 heteroatoms. The molecular weight excluding hydrogens is 457 g/mol. The lowest BCUT2D eigenvalue weighted by Crippen LogP contribution is -2.18. The number of hydrazone groups is 1. The van der Waals surface area contributed by atoms with Crippen LogP contribution < -0.4 is 14.9 Å². The number of pyridine rings is 1. The summed E-state index contributed by atoms with van der Waals surface area (Å²) < 4.78 is 11.8. The Morgan fingerprint density at radius 2 is 2.32 bits per heavy atom. The fourth-order valence-corrected chi connectivity index (χ4v) is 2.86. The molecule has 130 valence electrons. The van der Waals surface area contributed by atoms with Crippen LogP contribution in [-0.4, -0.2) is 30.8 Å². The largest absolute Gasteiger partial charge is 0.493 e. The van der Waals surface area contributed by atoms with Crippen molar-refractivity contribution >= 4 is 46.3 Å². The van der Waals surface area contributed by atoms with Crippen LogP contribution >= 0.6 is 34.2 Å². The third-order valence-electron chi connectivity index (χ3n) is 2.98. The predicted octanol–water partition coefficient (Wildman–Crippen LogP) is 3.68. The molecule has 1 N–H and O–H groups in total. The van der Waals surface area contributed by atoms with Crippen LogP contribution in [0.2, 0.25) is 5.15 Å². The third-order valence-corrected chi connectivity index (χ3v) is 4.08. The van der Waals surface area contributed by atoms with Crippen LogP contribution in [0, 0.1) is 3.57 Å². The first kappa shape index (κ1) is 19.2. The van der Waals surface area contributed by atoms with E-state index in [1.807, 2.05) is 6.07 Å². The molecule has 2 aromatic rings. The Morgan fingerprint density at radius 1 is 1.52 bits per heavy atom. The lowest BCUT2D eigenvalue weighted by atomic mass is 10.2. The quantitative estimate of drug-likeness (QED) is 0.220. The molecule has 0 radical (unpaired) electrons. The number of methoxy groups -OCH3 is 1. The summed E-state index contributed by atoms with van der Waals surface area (Å²) in [4.78, 5) is 15.9. The fourth-order valence-electron chi connectivity index (χ4n) is 1.88. The van der Waals surface area contributed by atoms with Gasteiger partial charge in [0.1, 0.15) is 11.8 Å². The van der Waals surface area contributed by atoms with E-state index in [4.69, 9.17) is 21.1 Å². The van der Waals surface area contributed by atoms with E-state index in [1.54, 1.807) is 31.4 Å². The summed E-state index contributed by atoms with van der Waals surface area (Å²) >= 11 is 8.01. The van der Waals surface area contributed by atoms with Crippen LogP contribution in [0.3, 0.4) is 0 Å². The molecule has 1 aromatic carbocycles. The SMILES string of the molecule is C=CCOc1c(I)cc(C=NNC(=O)c2cccnc2Cl)cc1OC. The van der Waals surface area contributed by atoms with Crippen LogP contribution in [0.25, 0.3) is 0 Å². The van der Waals surface area contributed by atoms with Gasteiger partial charge in [-0.25, -0.2) is 10.4 Å². The molecule has 25 heavy (non-hydrogen) atoms. The third kappa shape index (κ3) is 5.17. The molecular formula is C17H15ClIN3O3. The maximum atomic E-state index is 12.0. The highest BCUT2D eigenvalue weighted by atomic mass is 127. The summed E-state index contributed by atoms with van der Waals surface area (Å²) in [6.07, 6.45) is 4.67. The van der Waals surface area contributed by atoms with Crippen LogP contribution in [0.5, 0.6) is 11.5 Å². The molecule has 0 saturated carbocycles. The van der Waals surface area contributed by atoms with Gasteiger partial charge in [-0.3, -0.25) is 4.79 Å². The molecule has 1 aromatic heterocycles. The van der Waals surface area contributed by atoms with E-state index in [2.05, 4.69) is 44.7 Å². The van der Waals surface area contributed by atoms with E-state index < -0.39 is 5.91 Å². The maximum absolute atomic E-state index is 12.0. The van der Waals surface area contributed by atoms with E-state index in [0.717, 1.165) is 9.13 Å². The van der Waals surface area contributed by atoms with E-state index in [1.165, 1.54) is 12.4 Å². The summed E-state index contributed by atoms with van der Waals surface area (Å²) in [5, 5.41) is 4.06. The molecule has 6 nitrogen and oxygen atoms in total. The zero-order valence-electron chi connectivity index (χ0n) is 13.3. The Labute approximate surface area is 164 Å². The molecule has 0 saturated heterocycles. The highest BCUT2D eigenvalue weighted by Gasteiger charge is 2.11. The number of nitrogens with zero attached hydrogens (tertiary/aromatic N) is 2. The van der Waals surface area contributed by atoms with Crippen molar-refractivity contribution in [2.24, 2.45) is 5.10 Å². The Hall–Kier alpha value is -2.13. The van der Waals surface area contributed by atoms with Gasteiger partial charge in [-0.15, -0.1) is 0 Å². The lowest BCUT2D eigenvalue weighted by molar-refractivity contribution is 0.0955. The summed E-state index contributed by atoms with van der Waals surface area (Å²) in [5.74, 6) is 0.755. The molecule has 0 atom stereocenters. The van der Waals surface area contributed by atoms with Crippen molar-refractivity contribution < 1.29 is 14.3 Å². The van der Waals surface area contributed by atoms with Gasteiger partial charge in [0.2, 0.25) is 0 Å². The van der Waals surface area contributed by atoms with Gasteiger partial charge in [0.05, 0.1) is 22.5 Å². The Balaban J connectivity index is 2.13. The van der Waals surface area contributed by atoms with E-state index in [0.29, 0.717) is 18.1 Å². The second kappa shape index (κ2) is 9.38. The molecule has 2 rings (SSSR count). The standard InChI is InChI=1S/C17H15ClIN3O3/c1-3-7-25-15-13(19)8-11(9-14(15)24-2)10-21-22-17(23)12-5-4-6-20-16(12)18/h3-6,8-10H,1,7H2,2H3,(H,22,23). The number of hydrogen-bond acceptors (Lipinski definition) is 5. The second-order valence-electron chi connectivity index (χ2n) is 4.67. The number of rotatable bonds is 7. The zero-order valence-corrected chi connectivity index (χ0v) is 16.2. The normalized spacial score (nSPS) is 10.5. The lowest BCUT2D eigenvalue weighted by Gasteiger charge is -2.12. The molecule has 0 fully saturated rings. The van der Waals surface area contributed by atoms with Crippen molar-refractivity contribution in [1.29, 1.82) is 0 Å². The summed E-state index contributed by atoms with van der Waals surface area (Å²) in [7, 11) is 1.55. The number of carbonyl (C=O) groups excluding carboxylic acids is 1. The maximum Gasteiger partial charge on any atom is 0.274 e. The van der Waals surface area contributed by atoms with Crippen molar-refractivity contribution in [2.45, 2.75) is 0 Å². The van der Waals surface area contributed by atoms with Crippen molar-refractivity contribution in [3.05, 3.63) is 63.0 Å². The van der Waals surface area contributed by atoms with E-state index in [-0.39, 0.29) is 10.7 Å². The minimum absolute atomic E-state index is 0.120. The molecule has 1 amide bonds. The van der Waals surface area contributed by atoms with Crippen molar-refractivity contribution in [3.8, 4) is 11.5 Å². The van der Waals surface area contributed by atoms with Gasteiger partial charge in [0, 0.05) is 6.20 Å². The molecule has 0 aliphatic carbocycles. The first-order chi connectivity index (χ1) is 12.1. The van der Waals surface area contributed by atoms with Gasteiger partial charge in [0.15, 0.2) is 11.5 Å². The van der Waals surface area contributed by atoms with Gasteiger partial charge >= 0.3 is 0 Å². The first-order valence-electron chi connectivity index (χ1n) is 7.12. The minimum Gasteiger partial charge on any atom is -0.493 e. The average molecular weight is 472 g/mol. The smallest absolute Gasteiger partial charge is 0.274 e. The summed E-state index contributed by atoms with van der Waals surface area (Å²) in [5.41, 5.74) is 3.40. The highest BCUT2D eigenvalue weighted by Crippen LogP contribution is 2.33. The number of benzene rings is 1. The number of amides is 1. The molecule has 0 aliphatic heterocycles. The number of ether oxygens (including phenoxy) is 2. The molecule has 0 aliphatic rings. The summed E-state index contributed by atoms with van der Waals surface area (Å²) in [6.45, 7) is 4.00. The second-order valence-corrected chi connectivity index (χ2v) is 6.19. The van der Waals surface area contributed by atoms with E-state index in [9.17, 15) is 4.79 Å². The van der Waals surface area contributed by atoms with Crippen molar-refractivity contribution in [1.82, 2.24) is 10.4 Å². The fraction of sp³-hybridized carbons (Fsp3) is 0.118. The Kier molecular flexibility index (Phi) is 7.20. The predicted molar refractivity (Wildman–Crippen MR) is 106 cm³/mol.